The lowest BCUT2D eigenvalue weighted by Crippen LogP contribution is -2.21. The van der Waals surface area contributed by atoms with Crippen molar-refractivity contribution in [1.29, 1.82) is 0 Å². The number of hydrogen-bond acceptors (Lipinski definition) is 3. The van der Waals surface area contributed by atoms with Gasteiger partial charge in [0, 0.05) is 18.7 Å². The second-order valence-corrected chi connectivity index (χ2v) is 5.04. The van der Waals surface area contributed by atoms with Crippen molar-refractivity contribution in [2.45, 2.75) is 12.6 Å². The lowest BCUT2D eigenvalue weighted by molar-refractivity contribution is 0.174. The average Bonchev–Trinajstić information content (AvgIpc) is 2.51. The van der Waals surface area contributed by atoms with Gasteiger partial charge < -0.3 is 15.2 Å². The predicted molar refractivity (Wildman–Crippen MR) is 81.1 cm³/mol. The molecule has 5 heteroatoms. The van der Waals surface area contributed by atoms with Gasteiger partial charge in [0.2, 0.25) is 0 Å². The van der Waals surface area contributed by atoms with Crippen LogP contribution < -0.4 is 10.1 Å². The van der Waals surface area contributed by atoms with E-state index in [1.165, 1.54) is 6.07 Å². The maximum atomic E-state index is 13.7. The minimum Gasteiger partial charge on any atom is -0.497 e. The van der Waals surface area contributed by atoms with E-state index in [9.17, 15) is 9.50 Å². The number of nitrogens with one attached hydrogen (secondary N) is 1. The number of benzene rings is 2. The first-order valence-corrected chi connectivity index (χ1v) is 6.95. The third-order valence-electron chi connectivity index (χ3n) is 3.19. The number of hydrogen-bond donors (Lipinski definition) is 2. The van der Waals surface area contributed by atoms with Gasteiger partial charge in [-0.1, -0.05) is 35.9 Å². The molecule has 0 aliphatic heterocycles. The van der Waals surface area contributed by atoms with E-state index in [0.717, 1.165) is 11.3 Å². The molecule has 2 rings (SSSR count). The van der Waals surface area contributed by atoms with E-state index in [-0.39, 0.29) is 5.02 Å². The SMILES string of the molecule is COc1ccc(C(O)CNCc2cccc(Cl)c2F)cc1. The summed E-state index contributed by atoms with van der Waals surface area (Å²) in [7, 11) is 1.59. The van der Waals surface area contributed by atoms with E-state index in [4.69, 9.17) is 16.3 Å². The zero-order valence-electron chi connectivity index (χ0n) is 11.6. The minimum atomic E-state index is -0.668. The normalized spacial score (nSPS) is 12.2. The van der Waals surface area contributed by atoms with Crippen LogP contribution in [0.15, 0.2) is 42.5 Å². The molecule has 0 aromatic heterocycles. The van der Waals surface area contributed by atoms with E-state index in [1.807, 2.05) is 0 Å². The average molecular weight is 310 g/mol. The van der Waals surface area contributed by atoms with Crippen LogP contribution in [-0.4, -0.2) is 18.8 Å². The van der Waals surface area contributed by atoms with Gasteiger partial charge >= 0.3 is 0 Å². The summed E-state index contributed by atoms with van der Waals surface area (Å²) >= 11 is 5.72. The Kier molecular flexibility index (Phi) is 5.56. The van der Waals surface area contributed by atoms with E-state index in [0.29, 0.717) is 18.7 Å². The second kappa shape index (κ2) is 7.41. The minimum absolute atomic E-state index is 0.102. The summed E-state index contributed by atoms with van der Waals surface area (Å²) in [4.78, 5) is 0. The molecule has 0 saturated carbocycles. The Labute approximate surface area is 128 Å². The Morgan fingerprint density at radius 2 is 1.95 bits per heavy atom. The van der Waals surface area contributed by atoms with E-state index < -0.39 is 11.9 Å². The van der Waals surface area contributed by atoms with Crippen LogP contribution >= 0.6 is 11.6 Å². The molecule has 2 aromatic carbocycles. The predicted octanol–water partition coefficient (Wildman–Crippen LogP) is 3.31. The summed E-state index contributed by atoms with van der Waals surface area (Å²) < 4.78 is 18.7. The summed E-state index contributed by atoms with van der Waals surface area (Å²) in [5.74, 6) is 0.311. The fraction of sp³-hybridized carbons (Fsp3) is 0.250. The lowest BCUT2D eigenvalue weighted by Gasteiger charge is -2.13. The molecule has 0 saturated heterocycles. The maximum Gasteiger partial charge on any atom is 0.146 e. The topological polar surface area (TPSA) is 41.5 Å². The van der Waals surface area contributed by atoms with E-state index in [2.05, 4.69) is 5.32 Å². The number of aliphatic hydroxyl groups excluding tert-OH is 1. The molecular weight excluding hydrogens is 293 g/mol. The van der Waals surface area contributed by atoms with Crippen molar-refractivity contribution < 1.29 is 14.2 Å². The van der Waals surface area contributed by atoms with Crippen LogP contribution in [0.5, 0.6) is 5.75 Å². The van der Waals surface area contributed by atoms with Crippen molar-refractivity contribution in [2.24, 2.45) is 0 Å². The Morgan fingerprint density at radius 3 is 2.62 bits per heavy atom. The van der Waals surface area contributed by atoms with Gasteiger partial charge in [0.1, 0.15) is 11.6 Å². The molecule has 0 bridgehead atoms. The summed E-state index contributed by atoms with van der Waals surface area (Å²) in [6, 6.07) is 12.0. The van der Waals surface area contributed by atoms with Gasteiger partial charge in [-0.25, -0.2) is 4.39 Å². The van der Waals surface area contributed by atoms with Crippen LogP contribution in [0.1, 0.15) is 17.2 Å². The second-order valence-electron chi connectivity index (χ2n) is 4.63. The van der Waals surface area contributed by atoms with E-state index in [1.54, 1.807) is 43.5 Å². The molecule has 0 spiro atoms. The van der Waals surface area contributed by atoms with Crippen LogP contribution in [0.25, 0.3) is 0 Å². The van der Waals surface area contributed by atoms with Crippen molar-refractivity contribution in [3.63, 3.8) is 0 Å². The highest BCUT2D eigenvalue weighted by Crippen LogP contribution is 2.19. The summed E-state index contributed by atoms with van der Waals surface area (Å²) in [5.41, 5.74) is 1.25. The highest BCUT2D eigenvalue weighted by atomic mass is 35.5. The first kappa shape index (κ1) is 15.8. The van der Waals surface area contributed by atoms with Crippen LogP contribution in [-0.2, 0) is 6.54 Å². The molecular formula is C16H17ClFNO2. The number of rotatable bonds is 6. The third-order valence-corrected chi connectivity index (χ3v) is 3.48. The largest absolute Gasteiger partial charge is 0.497 e. The quantitative estimate of drug-likeness (QED) is 0.860. The van der Waals surface area contributed by atoms with Crippen LogP contribution in [0.3, 0.4) is 0 Å². The van der Waals surface area contributed by atoms with Gasteiger partial charge in [-0.2, -0.15) is 0 Å². The van der Waals surface area contributed by atoms with Crippen LogP contribution in [0, 0.1) is 5.82 Å². The number of aliphatic hydroxyl groups is 1. The number of methoxy groups -OCH3 is 1. The Hall–Kier alpha value is -1.62. The monoisotopic (exact) mass is 309 g/mol. The third kappa shape index (κ3) is 4.17. The van der Waals surface area contributed by atoms with Gasteiger partial charge in [0.15, 0.2) is 0 Å². The Morgan fingerprint density at radius 1 is 1.24 bits per heavy atom. The van der Waals surface area contributed by atoms with Gasteiger partial charge in [0.05, 0.1) is 18.2 Å². The fourth-order valence-corrected chi connectivity index (χ4v) is 2.17. The molecule has 0 aliphatic rings. The van der Waals surface area contributed by atoms with Crippen molar-refractivity contribution >= 4 is 11.6 Å². The highest BCUT2D eigenvalue weighted by Gasteiger charge is 2.09. The molecule has 0 amide bonds. The number of ether oxygens (including phenoxy) is 1. The van der Waals surface area contributed by atoms with Crippen LogP contribution in [0.4, 0.5) is 4.39 Å². The maximum absolute atomic E-state index is 13.7. The van der Waals surface area contributed by atoms with Crippen molar-refractivity contribution in [1.82, 2.24) is 5.32 Å². The van der Waals surface area contributed by atoms with Crippen molar-refractivity contribution in [2.75, 3.05) is 13.7 Å². The molecule has 112 valence electrons. The zero-order valence-corrected chi connectivity index (χ0v) is 12.4. The first-order valence-electron chi connectivity index (χ1n) is 6.57. The lowest BCUT2D eigenvalue weighted by atomic mass is 10.1. The van der Waals surface area contributed by atoms with Gasteiger partial charge in [-0.05, 0) is 23.8 Å². The smallest absolute Gasteiger partial charge is 0.146 e. The fourth-order valence-electron chi connectivity index (χ4n) is 1.97. The molecule has 3 nitrogen and oxygen atoms in total. The molecule has 2 aromatic rings. The van der Waals surface area contributed by atoms with Gasteiger partial charge in [0.25, 0.3) is 0 Å². The molecule has 0 heterocycles. The molecule has 1 atom stereocenters. The Bertz CT molecular complexity index is 589. The van der Waals surface area contributed by atoms with E-state index >= 15 is 0 Å². The highest BCUT2D eigenvalue weighted by molar-refractivity contribution is 6.30. The summed E-state index contributed by atoms with van der Waals surface area (Å²) in [6.45, 7) is 0.623. The molecule has 0 fully saturated rings. The molecule has 2 N–H and O–H groups in total. The Balaban J connectivity index is 1.88. The number of halogens is 2. The standard InChI is InChI=1S/C16H17ClFNO2/c1-21-13-7-5-11(6-8-13)15(20)10-19-9-12-3-2-4-14(17)16(12)18/h2-8,15,19-20H,9-10H2,1H3. The van der Waals surface area contributed by atoms with Crippen LogP contribution in [0.2, 0.25) is 5.02 Å². The zero-order chi connectivity index (χ0) is 15.2. The summed E-state index contributed by atoms with van der Waals surface area (Å²) in [6.07, 6.45) is -0.668. The molecule has 1 unspecified atom stereocenters. The van der Waals surface area contributed by atoms with Gasteiger partial charge in [-0.15, -0.1) is 0 Å². The van der Waals surface area contributed by atoms with Gasteiger partial charge in [-0.3, -0.25) is 0 Å². The van der Waals surface area contributed by atoms with Crippen molar-refractivity contribution in [3.05, 3.63) is 64.4 Å². The molecule has 0 radical (unpaired) electrons. The first-order chi connectivity index (χ1) is 10.1. The molecule has 21 heavy (non-hydrogen) atoms. The van der Waals surface area contributed by atoms with Crippen molar-refractivity contribution in [3.8, 4) is 5.75 Å². The summed E-state index contributed by atoms with van der Waals surface area (Å²) in [5, 5.41) is 13.2. The molecule has 0 aliphatic carbocycles.